The van der Waals surface area contributed by atoms with Crippen LogP contribution in [0.2, 0.25) is 0 Å². The van der Waals surface area contributed by atoms with Crippen molar-refractivity contribution in [3.05, 3.63) is 89.7 Å². The highest BCUT2D eigenvalue weighted by atomic mass is 32.1. The number of benzene rings is 1. The number of hydrogen-bond donors (Lipinski definition) is 3. The second-order valence-electron chi connectivity index (χ2n) is 7.44. The standard InChI is InChI=1S/C24H20N8OS/c25-22-19-8-16(3-5-20(19)31-14-32-22)21-6-4-17(34-21)12-29-23-18(2-1-7-28-23)24(33)30-11-15-9-26-13-27-10-15/h1-10,13-14H,11-12H2,(H,28,29)(H,30,33)(H2,25,31,32). The molecule has 1 aromatic carbocycles. The van der Waals surface area contributed by atoms with E-state index in [0.29, 0.717) is 30.3 Å². The van der Waals surface area contributed by atoms with Gasteiger partial charge in [0.2, 0.25) is 0 Å². The average Bonchev–Trinajstić information content (AvgIpc) is 3.36. The number of rotatable bonds is 7. The van der Waals surface area contributed by atoms with Gasteiger partial charge in [-0.1, -0.05) is 6.07 Å². The van der Waals surface area contributed by atoms with Gasteiger partial charge in [0.1, 0.15) is 24.3 Å². The van der Waals surface area contributed by atoms with Gasteiger partial charge < -0.3 is 16.4 Å². The summed E-state index contributed by atoms with van der Waals surface area (Å²) in [6, 6.07) is 13.6. The number of aromatic nitrogens is 5. The van der Waals surface area contributed by atoms with Crippen LogP contribution in [0.4, 0.5) is 11.6 Å². The van der Waals surface area contributed by atoms with Crippen molar-refractivity contribution in [3.63, 3.8) is 0 Å². The van der Waals surface area contributed by atoms with E-state index in [-0.39, 0.29) is 5.91 Å². The van der Waals surface area contributed by atoms with Crippen LogP contribution >= 0.6 is 11.3 Å². The molecular weight excluding hydrogens is 448 g/mol. The summed E-state index contributed by atoms with van der Waals surface area (Å²) in [5.41, 5.74) is 9.17. The number of anilines is 2. The van der Waals surface area contributed by atoms with Gasteiger partial charge in [-0.2, -0.15) is 0 Å². The van der Waals surface area contributed by atoms with Gasteiger partial charge in [-0.3, -0.25) is 4.79 Å². The normalized spacial score (nSPS) is 10.8. The smallest absolute Gasteiger partial charge is 0.255 e. The summed E-state index contributed by atoms with van der Waals surface area (Å²) in [5, 5.41) is 7.00. The monoisotopic (exact) mass is 468 g/mol. The minimum absolute atomic E-state index is 0.220. The third kappa shape index (κ3) is 4.66. The van der Waals surface area contributed by atoms with Crippen molar-refractivity contribution in [1.29, 1.82) is 0 Å². The molecule has 0 aliphatic carbocycles. The van der Waals surface area contributed by atoms with Crippen LogP contribution in [-0.4, -0.2) is 30.8 Å². The molecule has 0 aliphatic rings. The maximum absolute atomic E-state index is 12.7. The first-order valence-corrected chi connectivity index (χ1v) is 11.3. The third-order valence-electron chi connectivity index (χ3n) is 5.16. The summed E-state index contributed by atoms with van der Waals surface area (Å²) < 4.78 is 0. The number of nitrogen functional groups attached to an aromatic ring is 1. The number of pyridine rings is 1. The summed E-state index contributed by atoms with van der Waals surface area (Å²) in [5.74, 6) is 0.767. The summed E-state index contributed by atoms with van der Waals surface area (Å²) in [7, 11) is 0. The van der Waals surface area contributed by atoms with Crippen LogP contribution in [0.1, 0.15) is 20.8 Å². The van der Waals surface area contributed by atoms with E-state index in [1.54, 1.807) is 42.1 Å². The molecule has 4 aromatic heterocycles. The summed E-state index contributed by atoms with van der Waals surface area (Å²) in [6.45, 7) is 0.872. The molecule has 1 amide bonds. The van der Waals surface area contributed by atoms with E-state index in [0.717, 1.165) is 31.8 Å². The minimum atomic E-state index is -0.220. The molecule has 5 aromatic rings. The fourth-order valence-electron chi connectivity index (χ4n) is 3.46. The number of thiophene rings is 1. The molecule has 34 heavy (non-hydrogen) atoms. The topological polar surface area (TPSA) is 132 Å². The second kappa shape index (κ2) is 9.59. The van der Waals surface area contributed by atoms with Gasteiger partial charge in [0.25, 0.3) is 5.91 Å². The number of nitrogens with one attached hydrogen (secondary N) is 2. The van der Waals surface area contributed by atoms with Crippen LogP contribution in [0.3, 0.4) is 0 Å². The van der Waals surface area contributed by atoms with Gasteiger partial charge in [-0.25, -0.2) is 24.9 Å². The fraction of sp³-hybridized carbons (Fsp3) is 0.0833. The molecule has 0 saturated heterocycles. The molecule has 4 N–H and O–H groups in total. The number of amides is 1. The lowest BCUT2D eigenvalue weighted by Gasteiger charge is -2.10. The maximum Gasteiger partial charge on any atom is 0.255 e. The number of hydrogen-bond acceptors (Lipinski definition) is 9. The highest BCUT2D eigenvalue weighted by Crippen LogP contribution is 2.31. The van der Waals surface area contributed by atoms with E-state index in [1.165, 1.54) is 12.7 Å². The highest BCUT2D eigenvalue weighted by Gasteiger charge is 2.13. The van der Waals surface area contributed by atoms with E-state index < -0.39 is 0 Å². The number of carbonyl (C=O) groups is 1. The molecule has 0 saturated carbocycles. The van der Waals surface area contributed by atoms with Crippen LogP contribution in [-0.2, 0) is 13.1 Å². The molecule has 0 unspecified atom stereocenters. The molecule has 0 spiro atoms. The third-order valence-corrected chi connectivity index (χ3v) is 6.30. The van der Waals surface area contributed by atoms with Crippen molar-refractivity contribution >= 4 is 39.8 Å². The molecular formula is C24H20N8OS. The lowest BCUT2D eigenvalue weighted by atomic mass is 10.1. The lowest BCUT2D eigenvalue weighted by molar-refractivity contribution is 0.0951. The molecule has 10 heteroatoms. The van der Waals surface area contributed by atoms with E-state index in [9.17, 15) is 4.79 Å². The van der Waals surface area contributed by atoms with Crippen molar-refractivity contribution in [2.75, 3.05) is 11.1 Å². The molecule has 9 nitrogen and oxygen atoms in total. The molecule has 0 bridgehead atoms. The van der Waals surface area contributed by atoms with Crippen LogP contribution < -0.4 is 16.4 Å². The van der Waals surface area contributed by atoms with Crippen molar-refractivity contribution in [1.82, 2.24) is 30.2 Å². The largest absolute Gasteiger partial charge is 0.383 e. The highest BCUT2D eigenvalue weighted by molar-refractivity contribution is 7.15. The molecule has 0 atom stereocenters. The number of nitrogens with zero attached hydrogens (tertiary/aromatic N) is 5. The number of fused-ring (bicyclic) bond motifs is 1. The summed E-state index contributed by atoms with van der Waals surface area (Å²) in [6.07, 6.45) is 7.91. The average molecular weight is 469 g/mol. The van der Waals surface area contributed by atoms with Crippen LogP contribution in [0.15, 0.2) is 73.7 Å². The van der Waals surface area contributed by atoms with Crippen LogP contribution in [0.25, 0.3) is 21.3 Å². The summed E-state index contributed by atoms with van der Waals surface area (Å²) >= 11 is 1.66. The Morgan fingerprint density at radius 3 is 2.74 bits per heavy atom. The Hall–Kier alpha value is -4.44. The molecule has 0 aliphatic heterocycles. The van der Waals surface area contributed by atoms with E-state index in [4.69, 9.17) is 5.73 Å². The first kappa shape index (κ1) is 21.4. The molecule has 0 fully saturated rings. The zero-order valence-corrected chi connectivity index (χ0v) is 18.8. The van der Waals surface area contributed by atoms with E-state index in [1.807, 2.05) is 18.2 Å². The van der Waals surface area contributed by atoms with Gasteiger partial charge >= 0.3 is 0 Å². The zero-order valence-electron chi connectivity index (χ0n) is 18.0. The Morgan fingerprint density at radius 1 is 0.971 bits per heavy atom. The van der Waals surface area contributed by atoms with Crippen LogP contribution in [0.5, 0.6) is 0 Å². The Balaban J connectivity index is 1.27. The summed E-state index contributed by atoms with van der Waals surface area (Å²) in [4.78, 5) is 35.5. The lowest BCUT2D eigenvalue weighted by Crippen LogP contribution is -2.24. The first-order valence-electron chi connectivity index (χ1n) is 10.5. The Kier molecular flexibility index (Phi) is 6.04. The Morgan fingerprint density at radius 2 is 1.85 bits per heavy atom. The zero-order chi connectivity index (χ0) is 23.3. The quantitative estimate of drug-likeness (QED) is 0.330. The molecule has 4 heterocycles. The first-order chi connectivity index (χ1) is 16.7. The number of carbonyl (C=O) groups excluding carboxylic acids is 1. The molecule has 0 radical (unpaired) electrons. The van der Waals surface area contributed by atoms with E-state index in [2.05, 4.69) is 47.7 Å². The predicted molar refractivity (Wildman–Crippen MR) is 132 cm³/mol. The van der Waals surface area contributed by atoms with Gasteiger partial charge in [0.15, 0.2) is 0 Å². The molecule has 168 valence electrons. The number of nitrogens with two attached hydrogens (primary N) is 1. The van der Waals surface area contributed by atoms with Gasteiger partial charge in [-0.05, 0) is 42.0 Å². The maximum atomic E-state index is 12.7. The van der Waals surface area contributed by atoms with Gasteiger partial charge in [0.05, 0.1) is 17.6 Å². The Labute approximate surface area is 199 Å². The van der Waals surface area contributed by atoms with Gasteiger partial charge in [0, 0.05) is 45.8 Å². The van der Waals surface area contributed by atoms with Crippen molar-refractivity contribution < 1.29 is 4.79 Å². The van der Waals surface area contributed by atoms with E-state index >= 15 is 0 Å². The SMILES string of the molecule is Nc1ncnc2ccc(-c3ccc(CNc4ncccc4C(=O)NCc4cncnc4)s3)cc12. The Bertz CT molecular complexity index is 1450. The second-order valence-corrected chi connectivity index (χ2v) is 8.61. The van der Waals surface area contributed by atoms with Gasteiger partial charge in [-0.15, -0.1) is 11.3 Å². The van der Waals surface area contributed by atoms with Crippen molar-refractivity contribution in [2.24, 2.45) is 0 Å². The van der Waals surface area contributed by atoms with Crippen LogP contribution in [0, 0.1) is 0 Å². The van der Waals surface area contributed by atoms with Crippen molar-refractivity contribution in [3.8, 4) is 10.4 Å². The van der Waals surface area contributed by atoms with Crippen molar-refractivity contribution in [2.45, 2.75) is 13.1 Å². The predicted octanol–water partition coefficient (Wildman–Crippen LogP) is 3.67. The minimum Gasteiger partial charge on any atom is -0.383 e. The fourth-order valence-corrected chi connectivity index (χ4v) is 4.40. The molecule has 5 rings (SSSR count).